The maximum Gasteiger partial charge on any atom is 0.327 e. The lowest BCUT2D eigenvalue weighted by Gasteiger charge is -2.17. The van der Waals surface area contributed by atoms with E-state index in [2.05, 4.69) is 24.3 Å². The summed E-state index contributed by atoms with van der Waals surface area (Å²) in [7, 11) is -0.247. The van der Waals surface area contributed by atoms with Crippen molar-refractivity contribution in [3.05, 3.63) is 71.8 Å². The van der Waals surface area contributed by atoms with Gasteiger partial charge in [-0.15, -0.1) is 0 Å². The van der Waals surface area contributed by atoms with E-state index < -0.39 is 0 Å². The predicted octanol–water partition coefficient (Wildman–Crippen LogP) is 4.43. The lowest BCUT2D eigenvalue weighted by molar-refractivity contribution is 0.328. The summed E-state index contributed by atoms with van der Waals surface area (Å²) < 4.78 is 15.3. The minimum atomic E-state index is -0.247. The van der Waals surface area contributed by atoms with E-state index in [-0.39, 0.29) is 14.6 Å². The Morgan fingerprint density at radius 2 is 1.39 bits per heavy atom. The Balaban J connectivity index is 2.21. The quantitative estimate of drug-likeness (QED) is 0.566. The average Bonchev–Trinajstić information content (AvgIpc) is 2.46. The molecule has 0 fully saturated rings. The highest BCUT2D eigenvalue weighted by Gasteiger charge is 2.13. The summed E-state index contributed by atoms with van der Waals surface area (Å²) in [6.07, 6.45) is 0.823. The second kappa shape index (κ2) is 7.05. The van der Waals surface area contributed by atoms with E-state index >= 15 is 0 Å². The van der Waals surface area contributed by atoms with Crippen molar-refractivity contribution >= 4 is 8.69 Å². The zero-order valence-electron chi connectivity index (χ0n) is 10.0. The van der Waals surface area contributed by atoms with Crippen LogP contribution < -0.4 is 0 Å². The molecule has 2 nitrogen and oxygen atoms in total. The largest absolute Gasteiger partial charge is 0.327 e. The van der Waals surface area contributed by atoms with Crippen molar-refractivity contribution in [3.8, 4) is 0 Å². The maximum atomic E-state index is 10.3. The molecule has 0 N–H and O–H groups in total. The fourth-order valence-corrected chi connectivity index (χ4v) is 2.28. The smallest absolute Gasteiger partial charge is 0.294 e. The second-order valence-corrected chi connectivity index (χ2v) is 4.48. The summed E-state index contributed by atoms with van der Waals surface area (Å²) in [6.45, 7) is 0.486. The van der Waals surface area contributed by atoms with Gasteiger partial charge in [0.25, 0.3) is 0 Å². The molecule has 0 aliphatic heterocycles. The van der Waals surface area contributed by atoms with Gasteiger partial charge in [-0.25, -0.2) is 4.57 Å². The molecule has 0 radical (unpaired) electrons. The van der Waals surface area contributed by atoms with Crippen LogP contribution in [0.4, 0.5) is 0 Å². The topological polar surface area (TPSA) is 26.3 Å². The predicted molar refractivity (Wildman–Crippen MR) is 72.9 cm³/mol. The summed E-state index contributed by atoms with van der Waals surface area (Å²) in [5.41, 5.74) is 2.52. The van der Waals surface area contributed by atoms with Gasteiger partial charge in [0.2, 0.25) is 0 Å². The Bertz CT molecular complexity index is 431. The van der Waals surface area contributed by atoms with Crippen LogP contribution in [-0.4, -0.2) is 6.61 Å². The van der Waals surface area contributed by atoms with E-state index in [0.717, 1.165) is 6.42 Å². The van der Waals surface area contributed by atoms with E-state index in [9.17, 15) is 4.57 Å². The molecule has 3 heteroatoms. The lowest BCUT2D eigenvalue weighted by Crippen LogP contribution is -2.03. The Labute approximate surface area is 109 Å². The van der Waals surface area contributed by atoms with Crippen molar-refractivity contribution in [2.75, 3.05) is 6.61 Å². The SMILES string of the molecule is O=POCCC(c1ccccc1)c1ccccc1. The van der Waals surface area contributed by atoms with E-state index in [1.165, 1.54) is 11.1 Å². The average molecular weight is 258 g/mol. The third-order valence-corrected chi connectivity index (χ3v) is 3.24. The molecule has 0 aliphatic carbocycles. The van der Waals surface area contributed by atoms with Crippen LogP contribution in [0.3, 0.4) is 0 Å². The van der Waals surface area contributed by atoms with Gasteiger partial charge in [-0.3, -0.25) is 4.52 Å². The third kappa shape index (κ3) is 3.49. The standard InChI is InChI=1S/C15H15O2P/c16-18-17-12-11-15(13-7-3-1-4-8-13)14-9-5-2-6-10-14/h1-10,15H,11-12H2. The first-order valence-corrected chi connectivity index (χ1v) is 6.69. The molecule has 92 valence electrons. The zero-order chi connectivity index (χ0) is 12.6. The normalized spacial score (nSPS) is 10.9. The molecule has 0 aliphatic rings. The van der Waals surface area contributed by atoms with Crippen LogP contribution in [0.1, 0.15) is 23.5 Å². The van der Waals surface area contributed by atoms with Gasteiger partial charge in [0.1, 0.15) is 0 Å². The summed E-state index contributed by atoms with van der Waals surface area (Å²) in [6, 6.07) is 20.7. The van der Waals surface area contributed by atoms with Crippen LogP contribution in [0.5, 0.6) is 0 Å². The number of benzene rings is 2. The molecule has 2 aromatic carbocycles. The number of rotatable bonds is 6. The van der Waals surface area contributed by atoms with Crippen LogP contribution in [0.2, 0.25) is 0 Å². The molecule has 0 saturated carbocycles. The van der Waals surface area contributed by atoms with E-state index in [1.807, 2.05) is 36.4 Å². The summed E-state index contributed by atoms with van der Waals surface area (Å²) in [5.74, 6) is 0.286. The molecule has 0 saturated heterocycles. The molecule has 0 bridgehead atoms. The van der Waals surface area contributed by atoms with Crippen molar-refractivity contribution in [2.45, 2.75) is 12.3 Å². The molecule has 2 rings (SSSR count). The van der Waals surface area contributed by atoms with Crippen molar-refractivity contribution in [1.29, 1.82) is 0 Å². The molecule has 0 atom stereocenters. The first kappa shape index (κ1) is 12.9. The number of hydrogen-bond acceptors (Lipinski definition) is 2. The van der Waals surface area contributed by atoms with Gasteiger partial charge < -0.3 is 0 Å². The maximum absolute atomic E-state index is 10.3. The van der Waals surface area contributed by atoms with Gasteiger partial charge in [-0.2, -0.15) is 0 Å². The highest BCUT2D eigenvalue weighted by atomic mass is 31.1. The van der Waals surface area contributed by atoms with Gasteiger partial charge in [-0.1, -0.05) is 60.7 Å². The molecule has 0 aromatic heterocycles. The molecular weight excluding hydrogens is 243 g/mol. The Morgan fingerprint density at radius 3 is 1.83 bits per heavy atom. The first-order valence-electron chi connectivity index (χ1n) is 5.96. The van der Waals surface area contributed by atoms with Gasteiger partial charge >= 0.3 is 8.69 Å². The number of hydrogen-bond donors (Lipinski definition) is 0. The Kier molecular flexibility index (Phi) is 5.07. The van der Waals surface area contributed by atoms with Gasteiger partial charge in [0.05, 0.1) is 6.61 Å². The third-order valence-electron chi connectivity index (χ3n) is 2.95. The van der Waals surface area contributed by atoms with E-state index in [4.69, 9.17) is 4.52 Å². The fraction of sp³-hybridized carbons (Fsp3) is 0.200. The molecule has 0 amide bonds. The monoisotopic (exact) mass is 258 g/mol. The highest BCUT2D eigenvalue weighted by Crippen LogP contribution is 2.28. The molecule has 2 aromatic rings. The lowest BCUT2D eigenvalue weighted by atomic mass is 9.89. The summed E-state index contributed by atoms with van der Waals surface area (Å²) in [5, 5.41) is 0. The molecule has 0 heterocycles. The Morgan fingerprint density at radius 1 is 0.889 bits per heavy atom. The minimum Gasteiger partial charge on any atom is -0.294 e. The first-order chi connectivity index (χ1) is 8.92. The van der Waals surface area contributed by atoms with Gasteiger partial charge in [0.15, 0.2) is 0 Å². The van der Waals surface area contributed by atoms with E-state index in [0.29, 0.717) is 6.61 Å². The molecule has 0 spiro atoms. The van der Waals surface area contributed by atoms with Crippen LogP contribution >= 0.6 is 8.69 Å². The van der Waals surface area contributed by atoms with Crippen molar-refractivity contribution in [3.63, 3.8) is 0 Å². The molecule has 0 unspecified atom stereocenters. The van der Waals surface area contributed by atoms with Crippen LogP contribution in [0.15, 0.2) is 60.7 Å². The van der Waals surface area contributed by atoms with E-state index in [1.54, 1.807) is 0 Å². The van der Waals surface area contributed by atoms with Gasteiger partial charge in [0, 0.05) is 5.92 Å². The highest BCUT2D eigenvalue weighted by molar-refractivity contribution is 7.17. The van der Waals surface area contributed by atoms with Crippen LogP contribution in [0.25, 0.3) is 0 Å². The Hall–Kier alpha value is -1.50. The van der Waals surface area contributed by atoms with Crippen molar-refractivity contribution < 1.29 is 9.09 Å². The minimum absolute atomic E-state index is 0.247. The van der Waals surface area contributed by atoms with Crippen LogP contribution in [0, 0.1) is 0 Å². The second-order valence-electron chi connectivity index (χ2n) is 4.07. The van der Waals surface area contributed by atoms with Crippen molar-refractivity contribution in [1.82, 2.24) is 0 Å². The summed E-state index contributed by atoms with van der Waals surface area (Å²) >= 11 is 0. The summed E-state index contributed by atoms with van der Waals surface area (Å²) in [4.78, 5) is 0. The van der Waals surface area contributed by atoms with Crippen molar-refractivity contribution in [2.24, 2.45) is 0 Å². The zero-order valence-corrected chi connectivity index (χ0v) is 10.9. The molecular formula is C15H15O2P. The molecule has 18 heavy (non-hydrogen) atoms. The van der Waals surface area contributed by atoms with Gasteiger partial charge in [-0.05, 0) is 17.5 Å². The fourth-order valence-electron chi connectivity index (χ4n) is 2.10. The van der Waals surface area contributed by atoms with Crippen LogP contribution in [-0.2, 0) is 9.09 Å².